The van der Waals surface area contributed by atoms with E-state index in [4.69, 9.17) is 5.84 Å². The van der Waals surface area contributed by atoms with E-state index in [1.165, 1.54) is 4.90 Å². The molecule has 2 atom stereocenters. The fourth-order valence-electron chi connectivity index (χ4n) is 5.33. The third-order valence-electron chi connectivity index (χ3n) is 7.60. The van der Waals surface area contributed by atoms with Crippen LogP contribution in [0.3, 0.4) is 0 Å². The van der Waals surface area contributed by atoms with E-state index >= 15 is 0 Å². The van der Waals surface area contributed by atoms with Crippen molar-refractivity contribution < 1.29 is 40.0 Å². The summed E-state index contributed by atoms with van der Waals surface area (Å²) in [6.07, 6.45) is 3.47. The van der Waals surface area contributed by atoms with E-state index in [2.05, 4.69) is 10.4 Å². The first-order valence-corrected chi connectivity index (χ1v) is 15.1. The molecule has 2 aromatic carbocycles. The zero-order valence-electron chi connectivity index (χ0n) is 22.9. The number of hydrazone groups is 1. The molecule has 4 rings (SSSR count). The maximum atomic E-state index is 14.4. The highest BCUT2D eigenvalue weighted by atomic mass is 32.2. The Balaban J connectivity index is 1.53. The Hall–Kier alpha value is -3.79. The van der Waals surface area contributed by atoms with Crippen molar-refractivity contribution in [2.45, 2.75) is 49.1 Å². The van der Waals surface area contributed by atoms with Crippen molar-refractivity contribution in [2.75, 3.05) is 26.2 Å². The summed E-state index contributed by atoms with van der Waals surface area (Å²) in [6.45, 7) is 1.85. The van der Waals surface area contributed by atoms with E-state index in [1.54, 1.807) is 36.7 Å². The molecule has 2 amide bonds. The molecule has 0 saturated carbocycles. The Morgan fingerprint density at radius 2 is 1.56 bits per heavy atom. The number of likely N-dealkylation sites (tertiary alicyclic amines) is 2. The van der Waals surface area contributed by atoms with Gasteiger partial charge in [-0.05, 0) is 43.6 Å². The van der Waals surface area contributed by atoms with Gasteiger partial charge in [-0.15, -0.1) is 0 Å². The number of sulfonamides is 1. The van der Waals surface area contributed by atoms with E-state index in [-0.39, 0.29) is 25.3 Å². The summed E-state index contributed by atoms with van der Waals surface area (Å²) in [4.78, 5) is 27.9. The second-order valence-corrected chi connectivity index (χ2v) is 12.1. The first-order valence-electron chi connectivity index (χ1n) is 13.6. The topological polar surface area (TPSA) is 137 Å². The van der Waals surface area contributed by atoms with Crippen molar-refractivity contribution in [3.63, 3.8) is 0 Å². The largest absolute Gasteiger partial charge is 0.361 e. The number of hydrogen-bond donors (Lipinski definition) is 3. The number of halogens is 5. The van der Waals surface area contributed by atoms with Crippen LogP contribution in [0.15, 0.2) is 40.3 Å². The molecule has 0 aromatic heterocycles. The van der Waals surface area contributed by atoms with Crippen LogP contribution in [0.5, 0.6) is 0 Å². The molecule has 16 heteroatoms. The summed E-state index contributed by atoms with van der Waals surface area (Å²) < 4.78 is 98.1. The lowest BCUT2D eigenvalue weighted by Gasteiger charge is -2.31. The van der Waals surface area contributed by atoms with Gasteiger partial charge in [0.05, 0.1) is 0 Å². The lowest BCUT2D eigenvalue weighted by atomic mass is 9.97. The number of carbonyl (C=O) groups excluding carboxylic acids is 2. The normalized spacial score (nSPS) is 18.8. The minimum atomic E-state index is -5.46. The first kappa shape index (κ1) is 32.1. The van der Waals surface area contributed by atoms with Crippen molar-refractivity contribution in [3.8, 4) is 0 Å². The van der Waals surface area contributed by atoms with Crippen LogP contribution in [0.4, 0.5) is 22.0 Å². The molecule has 2 aliphatic rings. The van der Waals surface area contributed by atoms with E-state index in [9.17, 15) is 40.0 Å². The molecule has 2 aromatic rings. The first-order chi connectivity index (χ1) is 20.4. The molecule has 0 radical (unpaired) electrons. The van der Waals surface area contributed by atoms with Gasteiger partial charge in [0.2, 0.25) is 27.7 Å². The van der Waals surface area contributed by atoms with Gasteiger partial charge >= 0.3 is 0 Å². The molecule has 0 aliphatic carbocycles. The van der Waals surface area contributed by atoms with Crippen LogP contribution in [0, 0.1) is 35.0 Å². The molecule has 10 nitrogen and oxygen atoms in total. The molecule has 0 spiro atoms. The van der Waals surface area contributed by atoms with Crippen molar-refractivity contribution in [3.05, 3.63) is 65.0 Å². The summed E-state index contributed by atoms with van der Waals surface area (Å²) >= 11 is 0. The monoisotopic (exact) mass is 630 g/mol. The third-order valence-corrected chi connectivity index (χ3v) is 9.09. The summed E-state index contributed by atoms with van der Waals surface area (Å²) in [7, 11) is -5.46. The molecule has 2 heterocycles. The lowest BCUT2D eigenvalue weighted by Crippen LogP contribution is -2.54. The fraction of sp³-hybridized carbons (Fsp3) is 0.444. The number of piperidine rings is 1. The van der Waals surface area contributed by atoms with Crippen LogP contribution in [-0.4, -0.2) is 74.6 Å². The third kappa shape index (κ3) is 7.24. The molecule has 2 aliphatic heterocycles. The van der Waals surface area contributed by atoms with E-state index in [0.29, 0.717) is 31.6 Å². The molecule has 0 bridgehead atoms. The van der Waals surface area contributed by atoms with Crippen molar-refractivity contribution in [1.82, 2.24) is 19.8 Å². The Morgan fingerprint density at radius 1 is 0.953 bits per heavy atom. The average molecular weight is 631 g/mol. The van der Waals surface area contributed by atoms with Crippen LogP contribution >= 0.6 is 0 Å². The number of benzene rings is 2. The maximum absolute atomic E-state index is 14.4. The fourth-order valence-corrected chi connectivity index (χ4v) is 6.66. The highest BCUT2D eigenvalue weighted by molar-refractivity contribution is 7.89. The summed E-state index contributed by atoms with van der Waals surface area (Å²) in [6, 6.07) is 5.32. The predicted molar refractivity (Wildman–Crippen MR) is 145 cm³/mol. The van der Waals surface area contributed by atoms with E-state index < -0.39 is 67.9 Å². The summed E-state index contributed by atoms with van der Waals surface area (Å²) in [5.41, 5.74) is 0.437. The number of rotatable bonds is 10. The zero-order valence-corrected chi connectivity index (χ0v) is 23.7. The molecule has 2 saturated heterocycles. The van der Waals surface area contributed by atoms with Gasteiger partial charge in [0, 0.05) is 26.2 Å². The average Bonchev–Trinajstić information content (AvgIpc) is 3.48. The lowest BCUT2D eigenvalue weighted by molar-refractivity contribution is -0.139. The number of carbonyl (C=O) groups is 2. The van der Waals surface area contributed by atoms with Crippen LogP contribution in [0.25, 0.3) is 0 Å². The van der Waals surface area contributed by atoms with Gasteiger partial charge in [0.1, 0.15) is 18.4 Å². The van der Waals surface area contributed by atoms with Gasteiger partial charge in [0.25, 0.3) is 0 Å². The number of nitrogens with two attached hydrogens (primary N) is 1. The SMILES string of the molecule is NN=CN1CCC(CNC(=O)[C@@H]2CCCN2C(=O)[C@@H](Cc2ccccc2)NS(=O)(=O)c2c(F)c(F)c(F)c(F)c2F)CC1. The Kier molecular flexibility index (Phi) is 10.2. The van der Waals surface area contributed by atoms with Crippen molar-refractivity contribution >= 4 is 28.2 Å². The molecule has 0 unspecified atom stereocenters. The van der Waals surface area contributed by atoms with Gasteiger partial charge in [-0.2, -0.15) is 9.82 Å². The molecule has 234 valence electrons. The summed E-state index contributed by atoms with van der Waals surface area (Å²) in [5, 5.41) is 6.36. The minimum absolute atomic E-state index is 0.0866. The molecule has 43 heavy (non-hydrogen) atoms. The van der Waals surface area contributed by atoms with Crippen molar-refractivity contribution in [1.29, 1.82) is 0 Å². The van der Waals surface area contributed by atoms with Crippen LogP contribution in [0.1, 0.15) is 31.2 Å². The molecule has 4 N–H and O–H groups in total. The van der Waals surface area contributed by atoms with Crippen LogP contribution < -0.4 is 15.9 Å². The predicted octanol–water partition coefficient (Wildman–Crippen LogP) is 1.99. The Bertz CT molecular complexity index is 1440. The number of nitrogens with one attached hydrogen (secondary N) is 2. The van der Waals surface area contributed by atoms with Gasteiger partial charge in [-0.1, -0.05) is 30.3 Å². The molecular weight excluding hydrogens is 599 g/mol. The second-order valence-electron chi connectivity index (χ2n) is 10.4. The number of hydrogen-bond acceptors (Lipinski definition) is 6. The van der Waals surface area contributed by atoms with Gasteiger partial charge in [-0.25, -0.2) is 30.4 Å². The Labute approximate surface area is 245 Å². The maximum Gasteiger partial charge on any atom is 0.247 e. The van der Waals surface area contributed by atoms with E-state index in [1.807, 2.05) is 9.62 Å². The van der Waals surface area contributed by atoms with Gasteiger partial charge in [0.15, 0.2) is 28.2 Å². The smallest absolute Gasteiger partial charge is 0.247 e. The second kappa shape index (κ2) is 13.7. The zero-order chi connectivity index (χ0) is 31.3. The summed E-state index contributed by atoms with van der Waals surface area (Å²) in [5.74, 6) is -8.51. The standard InChI is InChI=1S/C27H31F5N6O4S/c28-20-21(29)23(31)25(24(32)22(20)30)43(41,42)36-18(13-16-5-2-1-3-6-16)27(40)38-10-4-7-19(38)26(39)34-14-17-8-11-37(12-9-17)15-35-33/h1-3,5-6,15,17-19,36H,4,7-14,33H2,(H,34,39)/t18-,19+/m1/s1. The van der Waals surface area contributed by atoms with Gasteiger partial charge in [-0.3, -0.25) is 9.59 Å². The number of amides is 2. The molecule has 2 fully saturated rings. The number of nitrogens with zero attached hydrogens (tertiary/aromatic N) is 3. The molecular formula is C27H31F5N6O4S. The van der Waals surface area contributed by atoms with Crippen LogP contribution in [-0.2, 0) is 26.0 Å². The minimum Gasteiger partial charge on any atom is -0.361 e. The van der Waals surface area contributed by atoms with E-state index in [0.717, 1.165) is 12.8 Å². The Morgan fingerprint density at radius 3 is 2.16 bits per heavy atom. The van der Waals surface area contributed by atoms with Crippen LogP contribution in [0.2, 0.25) is 0 Å². The highest BCUT2D eigenvalue weighted by Crippen LogP contribution is 2.28. The highest BCUT2D eigenvalue weighted by Gasteiger charge is 2.41. The van der Waals surface area contributed by atoms with Gasteiger partial charge < -0.3 is 21.0 Å². The van der Waals surface area contributed by atoms with Crippen molar-refractivity contribution in [2.24, 2.45) is 16.9 Å². The quantitative estimate of drug-likeness (QED) is 0.0699.